The predicted molar refractivity (Wildman–Crippen MR) is 103 cm³/mol. The Bertz CT molecular complexity index is 125. The monoisotopic (exact) mass is 862 g/mol. The van der Waals surface area contributed by atoms with Gasteiger partial charge in [-0.1, -0.05) is 42.0 Å². The second-order valence-corrected chi connectivity index (χ2v) is 9.46. The van der Waals surface area contributed by atoms with Gasteiger partial charge in [0.15, 0.2) is 8.32 Å². The molecule has 0 aliphatic rings. The normalized spacial score (nSPS) is 6.00. The first-order valence-electron chi connectivity index (χ1n) is 4.79. The van der Waals surface area contributed by atoms with Crippen LogP contribution in [0.2, 0.25) is 18.6 Å². The molecule has 0 saturated heterocycles. The van der Waals surface area contributed by atoms with Crippen molar-refractivity contribution in [2.75, 3.05) is 7.11 Å². The van der Waals surface area contributed by atoms with E-state index < -0.39 is 8.32 Å². The summed E-state index contributed by atoms with van der Waals surface area (Å²) in [5.41, 5.74) is 0.729. The van der Waals surface area contributed by atoms with Crippen molar-refractivity contribution in [3.05, 3.63) is 42.0 Å². The molecular formula is C15H46Ir2N2OSiY2. The van der Waals surface area contributed by atoms with Gasteiger partial charge in [-0.2, -0.15) is 0 Å². The van der Waals surface area contributed by atoms with E-state index in [1.165, 1.54) is 0 Å². The molecule has 0 rings (SSSR count). The van der Waals surface area contributed by atoms with Crippen LogP contribution >= 0.6 is 0 Å². The Hall–Kier alpha value is 3.60. The van der Waals surface area contributed by atoms with Crippen LogP contribution in [0, 0.1) is 35.6 Å². The van der Waals surface area contributed by atoms with Crippen LogP contribution in [-0.2, 0) is 110 Å². The maximum absolute atomic E-state index is 5.34. The third-order valence-electron chi connectivity index (χ3n) is 1.92. The van der Waals surface area contributed by atoms with Gasteiger partial charge in [-0.05, 0) is 24.6 Å². The summed E-state index contributed by atoms with van der Waals surface area (Å²) in [7, 11) is 0.557. The summed E-state index contributed by atoms with van der Waals surface area (Å²) in [6.45, 7) is 15.4. The zero-order valence-corrected chi connectivity index (χ0v) is 28.5. The van der Waals surface area contributed by atoms with Gasteiger partial charge in [0.25, 0.3) is 0 Å². The van der Waals surface area contributed by atoms with E-state index in [0.717, 1.165) is 11.5 Å². The van der Waals surface area contributed by atoms with E-state index in [1.807, 2.05) is 7.11 Å². The Morgan fingerprint density at radius 2 is 0.826 bits per heavy atom. The second-order valence-electron chi connectivity index (χ2n) is 4.69. The molecule has 8 heteroatoms. The molecular weight excluding hydrogens is 815 g/mol. The minimum absolute atomic E-state index is 0. The van der Waals surface area contributed by atoms with Crippen molar-refractivity contribution in [3.63, 3.8) is 0 Å². The topological polar surface area (TPSA) is 76.2 Å². The zero-order chi connectivity index (χ0) is 10.4. The fraction of sp³-hybridized carbons (Fsp3) is 0.733. The number of hydrogen-bond donors (Lipinski definition) is 0. The molecule has 2 radical (unpaired) electrons. The van der Waals surface area contributed by atoms with Crippen LogP contribution in [0.4, 0.5) is 0 Å². The molecule has 0 aromatic rings. The second kappa shape index (κ2) is 56.2. The predicted octanol–water partition coefficient (Wildman–Crippen LogP) is 7.77. The maximum Gasteiger partial charge on any atom is 3.00 e. The van der Waals surface area contributed by atoms with Crippen molar-refractivity contribution >= 4 is 8.32 Å². The SMILES string of the molecule is C.CC(C)C.CO[Si](C)(C)C(C)C.[CH3-].[CH3-].[CH3-].[CH3-].[Ir+3].[Ir+3].[NH2-].[NH2-].[Y].[Y]. The molecule has 0 aromatic carbocycles. The summed E-state index contributed by atoms with van der Waals surface area (Å²) in [4.78, 5) is 0. The van der Waals surface area contributed by atoms with E-state index in [1.54, 1.807) is 0 Å². The molecule has 4 N–H and O–H groups in total. The van der Waals surface area contributed by atoms with Crippen molar-refractivity contribution < 1.29 is 110 Å². The molecule has 0 aliphatic heterocycles. The Morgan fingerprint density at radius 3 is 0.826 bits per heavy atom. The van der Waals surface area contributed by atoms with Crippen LogP contribution in [0.3, 0.4) is 0 Å². The Morgan fingerprint density at radius 1 is 0.696 bits per heavy atom. The summed E-state index contributed by atoms with van der Waals surface area (Å²) >= 11 is 0. The molecule has 0 amide bonds. The number of hydrogen-bond acceptors (Lipinski definition) is 1. The van der Waals surface area contributed by atoms with Crippen molar-refractivity contribution in [1.29, 1.82) is 0 Å². The van der Waals surface area contributed by atoms with Crippen LogP contribution in [0.15, 0.2) is 0 Å². The van der Waals surface area contributed by atoms with Crippen molar-refractivity contribution in [3.8, 4) is 0 Å². The van der Waals surface area contributed by atoms with Crippen LogP contribution in [-0.4, -0.2) is 15.4 Å². The first kappa shape index (κ1) is 94.2. The van der Waals surface area contributed by atoms with Gasteiger partial charge in [0, 0.05) is 72.5 Å². The Kier molecular flexibility index (Phi) is 230. The summed E-state index contributed by atoms with van der Waals surface area (Å²) in [5.74, 6) is 0.833. The van der Waals surface area contributed by atoms with E-state index in [9.17, 15) is 0 Å². The molecule has 23 heavy (non-hydrogen) atoms. The summed E-state index contributed by atoms with van der Waals surface area (Å²) in [5, 5.41) is 0. The summed E-state index contributed by atoms with van der Waals surface area (Å²) < 4.78 is 5.34. The summed E-state index contributed by atoms with van der Waals surface area (Å²) in [6, 6.07) is 0. The number of rotatable bonds is 2. The van der Waals surface area contributed by atoms with E-state index in [0.29, 0.717) is 0 Å². The fourth-order valence-corrected chi connectivity index (χ4v) is 0.707. The van der Waals surface area contributed by atoms with Crippen LogP contribution in [0.5, 0.6) is 0 Å². The van der Waals surface area contributed by atoms with Crippen LogP contribution in [0.1, 0.15) is 42.0 Å². The van der Waals surface area contributed by atoms with E-state index in [4.69, 9.17) is 4.43 Å². The van der Waals surface area contributed by atoms with Gasteiger partial charge >= 0.3 is 40.2 Å². The zero-order valence-electron chi connectivity index (χ0n) is 17.0. The molecule has 150 valence electrons. The number of nitrogens with two attached hydrogens (primary N) is 2. The third-order valence-corrected chi connectivity index (χ3v) is 5.75. The van der Waals surface area contributed by atoms with Gasteiger partial charge < -0.3 is 46.4 Å². The summed E-state index contributed by atoms with van der Waals surface area (Å²) in [6.07, 6.45) is 0. The van der Waals surface area contributed by atoms with Gasteiger partial charge in [-0.15, -0.1) is 0 Å². The van der Waals surface area contributed by atoms with E-state index in [2.05, 4.69) is 47.7 Å². The van der Waals surface area contributed by atoms with Gasteiger partial charge in [-0.25, -0.2) is 0 Å². The van der Waals surface area contributed by atoms with Crippen molar-refractivity contribution in [2.24, 2.45) is 5.92 Å². The molecule has 0 saturated carbocycles. The molecule has 0 fully saturated rings. The molecule has 0 heterocycles. The van der Waals surface area contributed by atoms with E-state index in [-0.39, 0.29) is 155 Å². The molecule has 3 nitrogen and oxygen atoms in total. The minimum atomic E-state index is -1.25. The smallest absolute Gasteiger partial charge is 0.693 e. The molecule has 0 unspecified atom stereocenters. The quantitative estimate of drug-likeness (QED) is 0.207. The average Bonchev–Trinajstić information content (AvgIpc) is 1.86. The fourth-order valence-electron chi connectivity index (χ4n) is 0.236. The molecule has 0 atom stereocenters. The third kappa shape index (κ3) is 89.8. The molecule has 0 spiro atoms. The van der Waals surface area contributed by atoms with Crippen LogP contribution in [0.25, 0.3) is 12.3 Å². The Balaban J connectivity index is -0.00000000568. The van der Waals surface area contributed by atoms with Gasteiger partial charge in [0.1, 0.15) is 0 Å². The first-order chi connectivity index (χ1) is 5.24. The molecule has 0 aliphatic carbocycles. The van der Waals surface area contributed by atoms with Gasteiger partial charge in [0.2, 0.25) is 0 Å². The molecule has 0 aromatic heterocycles. The average molecular weight is 861 g/mol. The maximum atomic E-state index is 5.34. The van der Waals surface area contributed by atoms with Gasteiger partial charge in [-0.3, -0.25) is 0 Å². The van der Waals surface area contributed by atoms with Crippen molar-refractivity contribution in [2.45, 2.75) is 60.7 Å². The van der Waals surface area contributed by atoms with Crippen LogP contribution < -0.4 is 0 Å². The van der Waals surface area contributed by atoms with E-state index >= 15 is 0 Å². The Labute approximate surface area is 230 Å². The van der Waals surface area contributed by atoms with Gasteiger partial charge in [0.05, 0.1) is 0 Å². The standard InChI is InChI=1S/C6H16OSi.C4H10.CH4.4CH3.2Ir.2H2N.2Y/c1-6(2)8(4,5)7-3;1-4(2)3;;;;;;;;;;;/h6H,1-5H3;4H,1-3H3;1H4;4*1H3;;;2*1H2;;/q;;;4*-1;2*+3;2*-1;;. The molecule has 0 bridgehead atoms. The largest absolute Gasteiger partial charge is 3.00 e. The van der Waals surface area contributed by atoms with Crippen molar-refractivity contribution in [1.82, 2.24) is 0 Å². The minimum Gasteiger partial charge on any atom is -0.693 e. The first-order valence-corrected chi connectivity index (χ1v) is 7.77.